The number of likely N-dealkylation sites (N-methyl/N-ethyl adjacent to an activating group) is 1. The minimum absolute atomic E-state index is 0.0698. The number of unbranched alkanes of at least 4 members (excludes halogenated alkanes) is 16. The highest BCUT2D eigenvalue weighted by Gasteiger charge is 2.26. The van der Waals surface area contributed by atoms with Gasteiger partial charge in [0.15, 0.2) is 0 Å². The lowest BCUT2D eigenvalue weighted by Gasteiger charge is -2.24. The molecule has 54 heavy (non-hydrogen) atoms. The highest BCUT2D eigenvalue weighted by Crippen LogP contribution is 2.43. The fourth-order valence-electron chi connectivity index (χ4n) is 5.60. The summed E-state index contributed by atoms with van der Waals surface area (Å²) in [6, 6.07) is 0. The molecule has 0 spiro atoms. The number of phosphoric ester groups is 1. The average molecular weight is 785 g/mol. The van der Waals surface area contributed by atoms with Gasteiger partial charge in [0.2, 0.25) is 0 Å². The number of ether oxygens (including phenoxy) is 2. The third kappa shape index (κ3) is 40.1. The van der Waals surface area contributed by atoms with Crippen LogP contribution in [0, 0.1) is 0 Å². The first kappa shape index (κ1) is 52.4. The van der Waals surface area contributed by atoms with Crippen molar-refractivity contribution >= 4 is 13.8 Å². The number of aliphatic hydroxyl groups is 1. The quantitative estimate of drug-likeness (QED) is 0.0158. The van der Waals surface area contributed by atoms with Gasteiger partial charge in [-0.1, -0.05) is 165 Å². The number of hydrogen-bond donors (Lipinski definition) is 2. The molecule has 0 aromatic rings. The standard InChI is InChI=1S/C44H82NO8P/c1-6-8-10-11-12-13-14-15-16-20-23-26-29-33-38-50-40-43(41-52-54(48,49)51-39-37-45(3,4)5)53-44(47)36-32-28-25-22-19-17-18-21-24-27-31-35-42(46)34-30-9-7-2/h17-18,22,24-25,27,31,35,42-43,46H,6-16,19-21,23,26,28-30,32-34,36-41H2,1-5H3/p+1/b18-17-,25-22-,27-24-,35-31+. The van der Waals surface area contributed by atoms with Crippen molar-refractivity contribution in [1.82, 2.24) is 0 Å². The molecule has 0 amide bonds. The van der Waals surface area contributed by atoms with E-state index in [0.29, 0.717) is 24.1 Å². The van der Waals surface area contributed by atoms with Crippen LogP contribution in [0.4, 0.5) is 0 Å². The van der Waals surface area contributed by atoms with Crippen LogP contribution >= 0.6 is 7.82 Å². The lowest BCUT2D eigenvalue weighted by molar-refractivity contribution is -0.870. The van der Waals surface area contributed by atoms with Crippen LogP contribution in [0.15, 0.2) is 48.6 Å². The molecular formula is C44H83NO8P+. The average Bonchev–Trinajstić information content (AvgIpc) is 3.11. The molecule has 3 atom stereocenters. The van der Waals surface area contributed by atoms with Crippen LogP contribution in [0.5, 0.6) is 0 Å². The molecule has 0 aliphatic rings. The highest BCUT2D eigenvalue weighted by atomic mass is 31.2. The van der Waals surface area contributed by atoms with Crippen molar-refractivity contribution in [3.63, 3.8) is 0 Å². The molecule has 0 saturated carbocycles. The number of rotatable bonds is 39. The molecule has 0 rings (SSSR count). The van der Waals surface area contributed by atoms with Gasteiger partial charge in [-0.2, -0.15) is 0 Å². The third-order valence-electron chi connectivity index (χ3n) is 9.00. The van der Waals surface area contributed by atoms with Crippen molar-refractivity contribution in [2.24, 2.45) is 0 Å². The molecular weight excluding hydrogens is 701 g/mol. The predicted molar refractivity (Wildman–Crippen MR) is 225 cm³/mol. The Morgan fingerprint density at radius 3 is 1.83 bits per heavy atom. The zero-order valence-corrected chi connectivity index (χ0v) is 36.2. The van der Waals surface area contributed by atoms with E-state index in [1.54, 1.807) is 0 Å². The van der Waals surface area contributed by atoms with Gasteiger partial charge in [0.25, 0.3) is 0 Å². The van der Waals surface area contributed by atoms with Crippen molar-refractivity contribution in [3.05, 3.63) is 48.6 Å². The SMILES string of the molecule is CCCCCCCCCCCCCCCCOCC(COP(=O)(O)OCC[N+](C)(C)C)OC(=O)CCC/C=C\C/C=C\C/C=C\C=C\C(O)CCCCC. The number of carbonyl (C=O) groups excluding carboxylic acids is 1. The van der Waals surface area contributed by atoms with Crippen LogP contribution in [-0.2, 0) is 27.9 Å². The number of nitrogens with zero attached hydrogens (tertiary/aromatic N) is 1. The Balaban J connectivity index is 4.40. The number of allylic oxidation sites excluding steroid dienone is 7. The molecule has 9 nitrogen and oxygen atoms in total. The summed E-state index contributed by atoms with van der Waals surface area (Å²) >= 11 is 0. The first-order chi connectivity index (χ1) is 26.0. The van der Waals surface area contributed by atoms with E-state index in [4.69, 9.17) is 18.5 Å². The molecule has 10 heteroatoms. The Labute approximate surface area is 331 Å². The van der Waals surface area contributed by atoms with Gasteiger partial charge in [-0.25, -0.2) is 4.57 Å². The zero-order valence-electron chi connectivity index (χ0n) is 35.3. The van der Waals surface area contributed by atoms with E-state index in [-0.39, 0.29) is 38.3 Å². The molecule has 0 fully saturated rings. The number of quaternary nitrogens is 1. The topological polar surface area (TPSA) is 112 Å². The van der Waals surface area contributed by atoms with Gasteiger partial charge in [0.05, 0.1) is 40.5 Å². The normalized spacial score (nSPS) is 14.9. The maximum atomic E-state index is 12.7. The molecule has 0 bridgehead atoms. The second kappa shape index (κ2) is 37.0. The number of esters is 1. The fraction of sp³-hybridized carbons (Fsp3) is 0.795. The summed E-state index contributed by atoms with van der Waals surface area (Å²) in [5.74, 6) is -0.384. The summed E-state index contributed by atoms with van der Waals surface area (Å²) < 4.78 is 34.9. The molecule has 316 valence electrons. The molecule has 0 aromatic carbocycles. The second-order valence-electron chi connectivity index (χ2n) is 15.6. The molecule has 0 aliphatic carbocycles. The van der Waals surface area contributed by atoms with Crippen LogP contribution in [0.25, 0.3) is 0 Å². The van der Waals surface area contributed by atoms with Gasteiger partial charge < -0.3 is 24.0 Å². The van der Waals surface area contributed by atoms with E-state index < -0.39 is 13.9 Å². The lowest BCUT2D eigenvalue weighted by Crippen LogP contribution is -2.37. The lowest BCUT2D eigenvalue weighted by atomic mass is 10.0. The molecule has 0 aromatic heterocycles. The van der Waals surface area contributed by atoms with Crippen LogP contribution in [-0.4, -0.2) is 86.8 Å². The Bertz CT molecular complexity index is 1020. The van der Waals surface area contributed by atoms with Gasteiger partial charge >= 0.3 is 13.8 Å². The van der Waals surface area contributed by atoms with Crippen LogP contribution in [0.2, 0.25) is 0 Å². The van der Waals surface area contributed by atoms with Crippen molar-refractivity contribution < 1.29 is 42.4 Å². The number of aliphatic hydroxyl groups excluding tert-OH is 1. The van der Waals surface area contributed by atoms with E-state index in [2.05, 4.69) is 44.2 Å². The number of phosphoric acid groups is 1. The maximum absolute atomic E-state index is 12.7. The monoisotopic (exact) mass is 785 g/mol. The van der Waals surface area contributed by atoms with Crippen molar-refractivity contribution in [2.45, 2.75) is 174 Å². The van der Waals surface area contributed by atoms with E-state index in [9.17, 15) is 19.4 Å². The number of carbonyl (C=O) groups is 1. The van der Waals surface area contributed by atoms with E-state index >= 15 is 0 Å². The largest absolute Gasteiger partial charge is 0.472 e. The summed E-state index contributed by atoms with van der Waals surface area (Å²) in [4.78, 5) is 22.8. The van der Waals surface area contributed by atoms with Crippen molar-refractivity contribution in [3.8, 4) is 0 Å². The Hall–Kier alpha value is -1.58. The maximum Gasteiger partial charge on any atom is 0.472 e. The van der Waals surface area contributed by atoms with Crippen LogP contribution < -0.4 is 0 Å². The molecule has 2 N–H and O–H groups in total. The van der Waals surface area contributed by atoms with Gasteiger partial charge in [-0.05, 0) is 38.5 Å². The van der Waals surface area contributed by atoms with Gasteiger partial charge in [-0.15, -0.1) is 0 Å². The minimum atomic E-state index is -4.30. The molecule has 0 aliphatic heterocycles. The highest BCUT2D eigenvalue weighted by molar-refractivity contribution is 7.47. The Kier molecular flexibility index (Phi) is 35.9. The Morgan fingerprint density at radius 2 is 1.22 bits per heavy atom. The van der Waals surface area contributed by atoms with Crippen molar-refractivity contribution in [2.75, 3.05) is 54.1 Å². The molecule has 0 saturated heterocycles. The van der Waals surface area contributed by atoms with Gasteiger partial charge in [0.1, 0.15) is 19.3 Å². The number of hydrogen-bond acceptors (Lipinski definition) is 7. The van der Waals surface area contributed by atoms with E-state index in [1.807, 2.05) is 39.4 Å². The van der Waals surface area contributed by atoms with Gasteiger partial charge in [0, 0.05) is 13.0 Å². The first-order valence-corrected chi connectivity index (χ1v) is 23.0. The smallest absolute Gasteiger partial charge is 0.457 e. The van der Waals surface area contributed by atoms with E-state index in [0.717, 1.165) is 57.8 Å². The molecule has 0 heterocycles. The third-order valence-corrected chi connectivity index (χ3v) is 9.98. The summed E-state index contributed by atoms with van der Waals surface area (Å²) in [6.07, 6.45) is 40.4. The minimum Gasteiger partial charge on any atom is -0.457 e. The summed E-state index contributed by atoms with van der Waals surface area (Å²) in [5, 5.41) is 9.91. The summed E-state index contributed by atoms with van der Waals surface area (Å²) in [7, 11) is 1.60. The Morgan fingerprint density at radius 1 is 0.667 bits per heavy atom. The molecule has 3 unspecified atom stereocenters. The van der Waals surface area contributed by atoms with Gasteiger partial charge in [-0.3, -0.25) is 13.8 Å². The van der Waals surface area contributed by atoms with Crippen molar-refractivity contribution in [1.29, 1.82) is 0 Å². The predicted octanol–water partition coefficient (Wildman–Crippen LogP) is 11.4. The van der Waals surface area contributed by atoms with E-state index in [1.165, 1.54) is 77.0 Å². The summed E-state index contributed by atoms with van der Waals surface area (Å²) in [6.45, 7) is 5.40. The zero-order chi connectivity index (χ0) is 40.0. The molecule has 0 radical (unpaired) electrons. The first-order valence-electron chi connectivity index (χ1n) is 21.5. The van der Waals surface area contributed by atoms with Crippen LogP contribution in [0.1, 0.15) is 162 Å². The summed E-state index contributed by atoms with van der Waals surface area (Å²) in [5.41, 5.74) is 0. The second-order valence-corrected chi connectivity index (χ2v) is 17.0. The fourth-order valence-corrected chi connectivity index (χ4v) is 6.34. The van der Waals surface area contributed by atoms with Crippen LogP contribution in [0.3, 0.4) is 0 Å².